The molecule has 0 bridgehead atoms. The molecule has 1 N–H and O–H groups in total. The Morgan fingerprint density at radius 1 is 1.14 bits per heavy atom. The normalized spacial score (nSPS) is 24.4. The monoisotopic (exact) mass is 407 g/mol. The molecular formula is C21H33N3O3S. The Kier molecular flexibility index (Phi) is 7.12. The van der Waals surface area contributed by atoms with E-state index < -0.39 is 10.0 Å². The van der Waals surface area contributed by atoms with Crippen LogP contribution in [0.5, 0.6) is 0 Å². The molecule has 2 fully saturated rings. The van der Waals surface area contributed by atoms with Gasteiger partial charge in [0.1, 0.15) is 0 Å². The number of rotatable bonds is 7. The predicted molar refractivity (Wildman–Crippen MR) is 111 cm³/mol. The van der Waals surface area contributed by atoms with Gasteiger partial charge in [-0.05, 0) is 62.3 Å². The predicted octanol–water partition coefficient (Wildman–Crippen LogP) is 2.57. The molecule has 2 saturated heterocycles. The molecule has 0 aliphatic carbocycles. The molecule has 2 heterocycles. The number of benzene rings is 1. The van der Waals surface area contributed by atoms with Gasteiger partial charge in [-0.25, -0.2) is 8.42 Å². The van der Waals surface area contributed by atoms with Crippen LogP contribution in [0.1, 0.15) is 49.9 Å². The average molecular weight is 408 g/mol. The summed E-state index contributed by atoms with van der Waals surface area (Å²) < 4.78 is 26.9. The summed E-state index contributed by atoms with van der Waals surface area (Å²) in [7, 11) is -3.50. The second-order valence-electron chi connectivity index (χ2n) is 8.45. The van der Waals surface area contributed by atoms with Crippen molar-refractivity contribution < 1.29 is 13.2 Å². The summed E-state index contributed by atoms with van der Waals surface area (Å²) in [6.45, 7) is 9.57. The van der Waals surface area contributed by atoms with Gasteiger partial charge in [0.25, 0.3) is 5.91 Å². The van der Waals surface area contributed by atoms with Gasteiger partial charge in [0, 0.05) is 38.3 Å². The molecule has 0 radical (unpaired) electrons. The minimum atomic E-state index is -3.50. The van der Waals surface area contributed by atoms with E-state index in [1.54, 1.807) is 18.2 Å². The number of hydrogen-bond donors (Lipinski definition) is 1. The number of piperidine rings is 1. The summed E-state index contributed by atoms with van der Waals surface area (Å²) in [5.41, 5.74) is 0.403. The summed E-state index contributed by atoms with van der Waals surface area (Å²) in [6.07, 6.45) is 3.99. The van der Waals surface area contributed by atoms with Crippen molar-refractivity contribution in [3.05, 3.63) is 29.8 Å². The lowest BCUT2D eigenvalue weighted by atomic mass is 9.92. The fourth-order valence-corrected chi connectivity index (χ4v) is 6.02. The van der Waals surface area contributed by atoms with Gasteiger partial charge in [-0.1, -0.05) is 19.9 Å². The molecule has 3 rings (SSSR count). The van der Waals surface area contributed by atoms with E-state index in [4.69, 9.17) is 0 Å². The van der Waals surface area contributed by atoms with Crippen molar-refractivity contribution in [1.82, 2.24) is 14.5 Å². The number of carbonyl (C=O) groups excluding carboxylic acids is 1. The second-order valence-corrected chi connectivity index (χ2v) is 10.4. The van der Waals surface area contributed by atoms with Gasteiger partial charge in [-0.2, -0.15) is 4.31 Å². The van der Waals surface area contributed by atoms with E-state index in [9.17, 15) is 13.2 Å². The summed E-state index contributed by atoms with van der Waals surface area (Å²) in [5, 5.41) is 2.94. The number of nitrogens with zero attached hydrogens (tertiary/aromatic N) is 2. The molecular weight excluding hydrogens is 374 g/mol. The molecule has 2 atom stereocenters. The Morgan fingerprint density at radius 2 is 1.82 bits per heavy atom. The zero-order valence-electron chi connectivity index (χ0n) is 17.1. The largest absolute Gasteiger partial charge is 0.352 e. The van der Waals surface area contributed by atoms with Gasteiger partial charge < -0.3 is 10.2 Å². The zero-order valence-corrected chi connectivity index (χ0v) is 17.9. The Morgan fingerprint density at radius 3 is 2.50 bits per heavy atom. The van der Waals surface area contributed by atoms with E-state index in [1.165, 1.54) is 16.8 Å². The molecule has 0 unspecified atom stereocenters. The number of likely N-dealkylation sites (tertiary alicyclic amines) is 1. The Balaban J connectivity index is 1.51. The average Bonchev–Trinajstić information content (AvgIpc) is 3.20. The van der Waals surface area contributed by atoms with E-state index >= 15 is 0 Å². The third-order valence-electron chi connectivity index (χ3n) is 5.68. The standard InChI is InChI=1S/C21H33N3O3S/c1-17-13-18(2)16-23(15-17)10-6-9-22-21(25)19-7-5-8-20(14-19)28(26,27)24-11-3-4-12-24/h5,7-8,14,17-18H,3-4,6,9-13,15-16H2,1-2H3,(H,22,25)/t17-,18-/m0/s1. The molecule has 0 saturated carbocycles. The number of nitrogens with one attached hydrogen (secondary N) is 1. The molecule has 2 aliphatic heterocycles. The van der Waals surface area contributed by atoms with Crippen molar-refractivity contribution >= 4 is 15.9 Å². The number of hydrogen-bond acceptors (Lipinski definition) is 4. The van der Waals surface area contributed by atoms with Crippen molar-refractivity contribution in [2.45, 2.75) is 44.4 Å². The number of amides is 1. The minimum Gasteiger partial charge on any atom is -0.352 e. The summed E-state index contributed by atoms with van der Waals surface area (Å²) in [4.78, 5) is 15.2. The van der Waals surface area contributed by atoms with Crippen LogP contribution >= 0.6 is 0 Å². The molecule has 156 valence electrons. The molecule has 0 aromatic heterocycles. The first-order valence-corrected chi connectivity index (χ1v) is 11.9. The van der Waals surface area contributed by atoms with Gasteiger partial charge in [0.15, 0.2) is 0 Å². The van der Waals surface area contributed by atoms with Crippen LogP contribution < -0.4 is 5.32 Å². The lowest BCUT2D eigenvalue weighted by Gasteiger charge is -2.34. The van der Waals surface area contributed by atoms with Gasteiger partial charge in [-0.15, -0.1) is 0 Å². The van der Waals surface area contributed by atoms with Gasteiger partial charge in [0.05, 0.1) is 4.90 Å². The molecule has 7 heteroatoms. The second kappa shape index (κ2) is 9.37. The molecule has 0 spiro atoms. The minimum absolute atomic E-state index is 0.207. The van der Waals surface area contributed by atoms with Crippen LogP contribution in [0, 0.1) is 11.8 Å². The van der Waals surface area contributed by atoms with Crippen LogP contribution in [0.15, 0.2) is 29.2 Å². The molecule has 28 heavy (non-hydrogen) atoms. The topological polar surface area (TPSA) is 69.7 Å². The van der Waals surface area contributed by atoms with Crippen LogP contribution in [-0.4, -0.2) is 62.8 Å². The van der Waals surface area contributed by atoms with Crippen molar-refractivity contribution in [2.75, 3.05) is 39.3 Å². The Hall–Kier alpha value is -1.44. The zero-order chi connectivity index (χ0) is 20.1. The first-order valence-electron chi connectivity index (χ1n) is 10.5. The van der Waals surface area contributed by atoms with Crippen molar-refractivity contribution in [3.63, 3.8) is 0 Å². The molecule has 1 amide bonds. The maximum absolute atomic E-state index is 12.7. The fraction of sp³-hybridized carbons (Fsp3) is 0.667. The maximum atomic E-state index is 12.7. The molecule has 6 nitrogen and oxygen atoms in total. The van der Waals surface area contributed by atoms with Gasteiger partial charge in [-0.3, -0.25) is 4.79 Å². The fourth-order valence-electron chi connectivity index (χ4n) is 4.46. The van der Waals surface area contributed by atoms with Crippen molar-refractivity contribution in [2.24, 2.45) is 11.8 Å². The van der Waals surface area contributed by atoms with E-state index in [1.807, 2.05) is 0 Å². The summed E-state index contributed by atoms with van der Waals surface area (Å²) >= 11 is 0. The van der Waals surface area contributed by atoms with Crippen molar-refractivity contribution in [3.8, 4) is 0 Å². The highest BCUT2D eigenvalue weighted by atomic mass is 32.2. The Labute approximate surface area is 169 Å². The number of carbonyl (C=O) groups is 1. The summed E-state index contributed by atoms with van der Waals surface area (Å²) in [5.74, 6) is 1.26. The van der Waals surface area contributed by atoms with E-state index in [0.29, 0.717) is 25.2 Å². The first-order chi connectivity index (χ1) is 13.4. The lowest BCUT2D eigenvalue weighted by molar-refractivity contribution is 0.0947. The van der Waals surface area contributed by atoms with E-state index in [0.717, 1.165) is 50.7 Å². The lowest BCUT2D eigenvalue weighted by Crippen LogP contribution is -2.40. The quantitative estimate of drug-likeness (QED) is 0.706. The Bertz CT molecular complexity index is 765. The molecule has 1 aromatic carbocycles. The smallest absolute Gasteiger partial charge is 0.251 e. The van der Waals surface area contributed by atoms with Crippen LogP contribution in [0.3, 0.4) is 0 Å². The van der Waals surface area contributed by atoms with Crippen LogP contribution in [0.25, 0.3) is 0 Å². The van der Waals surface area contributed by atoms with Crippen molar-refractivity contribution in [1.29, 1.82) is 0 Å². The van der Waals surface area contributed by atoms with E-state index in [-0.39, 0.29) is 10.8 Å². The highest BCUT2D eigenvalue weighted by Crippen LogP contribution is 2.22. The summed E-state index contributed by atoms with van der Waals surface area (Å²) in [6, 6.07) is 6.39. The van der Waals surface area contributed by atoms with Gasteiger partial charge >= 0.3 is 0 Å². The third kappa shape index (κ3) is 5.33. The third-order valence-corrected chi connectivity index (χ3v) is 7.57. The van der Waals surface area contributed by atoms with Gasteiger partial charge in [0.2, 0.25) is 10.0 Å². The van der Waals surface area contributed by atoms with Crippen LogP contribution in [-0.2, 0) is 10.0 Å². The highest BCUT2D eigenvalue weighted by molar-refractivity contribution is 7.89. The maximum Gasteiger partial charge on any atom is 0.251 e. The highest BCUT2D eigenvalue weighted by Gasteiger charge is 2.27. The van der Waals surface area contributed by atoms with E-state index in [2.05, 4.69) is 24.1 Å². The molecule has 2 aliphatic rings. The SMILES string of the molecule is C[C@H]1C[C@H](C)CN(CCCNC(=O)c2cccc(S(=O)(=O)N3CCCC3)c2)C1. The molecule has 1 aromatic rings. The van der Waals surface area contributed by atoms with Crippen LogP contribution in [0.4, 0.5) is 0 Å². The number of sulfonamides is 1. The van der Waals surface area contributed by atoms with Crippen LogP contribution in [0.2, 0.25) is 0 Å². The first kappa shape index (κ1) is 21.3.